The van der Waals surface area contributed by atoms with Crippen LogP contribution in [0.3, 0.4) is 0 Å². The maximum Gasteiger partial charge on any atom is 0.330 e. The zero-order valence-corrected chi connectivity index (χ0v) is 7.25. The van der Waals surface area contributed by atoms with E-state index in [9.17, 15) is 9.59 Å². The Morgan fingerprint density at radius 3 is 1.91 bits per heavy atom. The molecule has 0 fully saturated rings. The first-order chi connectivity index (χ1) is 5.00. The lowest BCUT2D eigenvalue weighted by Crippen LogP contribution is -2.42. The van der Waals surface area contributed by atoms with Gasteiger partial charge in [0, 0.05) is 0 Å². The number of rotatable bonds is 3. The maximum absolute atomic E-state index is 10.9. The summed E-state index contributed by atoms with van der Waals surface area (Å²) in [6.45, 7) is 1.36. The van der Waals surface area contributed by atoms with Gasteiger partial charge in [0.05, 0.1) is 7.11 Å². The minimum Gasteiger partial charge on any atom is -0.468 e. The summed E-state index contributed by atoms with van der Waals surface area (Å²) in [6, 6.07) is -0.764. The van der Waals surface area contributed by atoms with Gasteiger partial charge in [-0.05, 0) is 21.0 Å². The Kier molecular flexibility index (Phi) is 3.74. The van der Waals surface area contributed by atoms with Gasteiger partial charge in [-0.3, -0.25) is 9.69 Å². The van der Waals surface area contributed by atoms with Crippen LogP contribution >= 0.6 is 0 Å². The predicted molar refractivity (Wildman–Crippen MR) is 40.2 cm³/mol. The minimum atomic E-state index is -0.764. The van der Waals surface area contributed by atoms with Crippen LogP contribution in [0.5, 0.6) is 0 Å². The normalized spacial score (nSPS) is 12.8. The molecule has 0 amide bonds. The molecule has 0 aromatic heterocycles. The summed E-state index contributed by atoms with van der Waals surface area (Å²) >= 11 is 0. The number of methoxy groups -OCH3 is 1. The molecule has 64 valence electrons. The van der Waals surface area contributed by atoms with E-state index in [1.807, 2.05) is 0 Å². The average Bonchev–Trinajstić information content (AvgIpc) is 1.85. The van der Waals surface area contributed by atoms with E-state index < -0.39 is 12.0 Å². The molecule has 11 heavy (non-hydrogen) atoms. The number of nitrogens with zero attached hydrogens (tertiary/aromatic N) is 1. The fourth-order valence-electron chi connectivity index (χ4n) is 0.852. The van der Waals surface area contributed by atoms with Crippen molar-refractivity contribution in [3.05, 3.63) is 0 Å². The molecule has 0 aliphatic carbocycles. The van der Waals surface area contributed by atoms with Gasteiger partial charge >= 0.3 is 5.97 Å². The van der Waals surface area contributed by atoms with Crippen LogP contribution in [0.2, 0.25) is 0 Å². The summed E-state index contributed by atoms with van der Waals surface area (Å²) in [7, 11) is 4.58. The van der Waals surface area contributed by atoms with Crippen LogP contribution in [0.15, 0.2) is 0 Å². The Labute approximate surface area is 66.1 Å². The second kappa shape index (κ2) is 4.08. The highest BCUT2D eigenvalue weighted by Gasteiger charge is 2.25. The highest BCUT2D eigenvalue weighted by atomic mass is 16.5. The molecule has 1 unspecified atom stereocenters. The van der Waals surface area contributed by atoms with Gasteiger partial charge in [0.25, 0.3) is 0 Å². The van der Waals surface area contributed by atoms with Crippen LogP contribution in [0.4, 0.5) is 0 Å². The van der Waals surface area contributed by atoms with Crippen LogP contribution in [0, 0.1) is 0 Å². The second-order valence-electron chi connectivity index (χ2n) is 2.50. The minimum absolute atomic E-state index is 0.207. The van der Waals surface area contributed by atoms with Crippen LogP contribution in [-0.2, 0) is 14.3 Å². The quantitative estimate of drug-likeness (QED) is 0.418. The molecule has 0 aliphatic heterocycles. The van der Waals surface area contributed by atoms with E-state index in [0.717, 1.165) is 0 Å². The molecular formula is C7H13NO3. The first-order valence-electron chi connectivity index (χ1n) is 3.25. The maximum atomic E-state index is 10.9. The lowest BCUT2D eigenvalue weighted by atomic mass is 10.2. The molecule has 0 saturated heterocycles. The van der Waals surface area contributed by atoms with Crippen molar-refractivity contribution in [1.29, 1.82) is 0 Å². The number of hydrogen-bond donors (Lipinski definition) is 0. The fourth-order valence-corrected chi connectivity index (χ4v) is 0.852. The summed E-state index contributed by atoms with van der Waals surface area (Å²) in [5.74, 6) is -0.718. The number of carbonyl (C=O) groups excluding carboxylic acids is 2. The predicted octanol–water partition coefficient (Wildman–Crippen LogP) is -0.321. The summed E-state index contributed by atoms with van der Waals surface area (Å²) < 4.78 is 4.43. The van der Waals surface area contributed by atoms with Gasteiger partial charge in [0.2, 0.25) is 0 Å². The van der Waals surface area contributed by atoms with E-state index >= 15 is 0 Å². The molecular weight excluding hydrogens is 146 g/mol. The molecule has 0 aromatic carbocycles. The fraction of sp³-hybridized carbons (Fsp3) is 0.714. The number of ether oxygens (including phenoxy) is 1. The third-order valence-electron chi connectivity index (χ3n) is 1.33. The average molecular weight is 159 g/mol. The molecule has 0 spiro atoms. The number of carbonyl (C=O) groups is 2. The molecule has 0 rings (SSSR count). The Morgan fingerprint density at radius 1 is 1.36 bits per heavy atom. The molecule has 4 nitrogen and oxygen atoms in total. The van der Waals surface area contributed by atoms with Crippen molar-refractivity contribution in [2.45, 2.75) is 13.0 Å². The van der Waals surface area contributed by atoms with Crippen LogP contribution in [-0.4, -0.2) is 43.9 Å². The van der Waals surface area contributed by atoms with Gasteiger partial charge < -0.3 is 4.74 Å². The molecule has 0 aromatic rings. The molecule has 0 radical (unpaired) electrons. The molecule has 0 bridgehead atoms. The van der Waals surface area contributed by atoms with Crippen LogP contribution in [0.25, 0.3) is 0 Å². The number of Topliss-reactive ketones (excluding diaryl/α,β-unsaturated/α-hetero) is 1. The van der Waals surface area contributed by atoms with Crippen molar-refractivity contribution >= 4 is 11.8 Å². The highest BCUT2D eigenvalue weighted by Crippen LogP contribution is 1.96. The van der Waals surface area contributed by atoms with E-state index in [1.54, 1.807) is 14.1 Å². The Hall–Kier alpha value is -0.900. The third kappa shape index (κ3) is 2.67. The standard InChI is InChI=1S/C7H13NO3/c1-5(9)6(8(2)3)7(10)11-4/h6H,1-4H3. The lowest BCUT2D eigenvalue weighted by Gasteiger charge is -2.18. The van der Waals surface area contributed by atoms with E-state index in [-0.39, 0.29) is 5.78 Å². The van der Waals surface area contributed by atoms with E-state index in [2.05, 4.69) is 4.74 Å². The van der Waals surface area contributed by atoms with Crippen molar-refractivity contribution in [2.24, 2.45) is 0 Å². The van der Waals surface area contributed by atoms with Gasteiger partial charge in [-0.15, -0.1) is 0 Å². The molecule has 0 N–H and O–H groups in total. The molecule has 4 heteroatoms. The zero-order chi connectivity index (χ0) is 9.02. The number of esters is 1. The largest absolute Gasteiger partial charge is 0.468 e. The summed E-state index contributed by atoms with van der Waals surface area (Å²) in [4.78, 5) is 23.3. The van der Waals surface area contributed by atoms with Crippen molar-refractivity contribution in [3.63, 3.8) is 0 Å². The SMILES string of the molecule is COC(=O)C(C(C)=O)N(C)C. The summed E-state index contributed by atoms with van der Waals surface area (Å²) in [5, 5.41) is 0. The Morgan fingerprint density at radius 2 is 1.82 bits per heavy atom. The van der Waals surface area contributed by atoms with E-state index in [1.165, 1.54) is 18.9 Å². The Bertz CT molecular complexity index is 165. The van der Waals surface area contributed by atoms with Gasteiger partial charge in [0.1, 0.15) is 0 Å². The second-order valence-corrected chi connectivity index (χ2v) is 2.50. The van der Waals surface area contributed by atoms with Gasteiger partial charge in [-0.2, -0.15) is 0 Å². The first kappa shape index (κ1) is 10.1. The lowest BCUT2D eigenvalue weighted by molar-refractivity contribution is -0.149. The number of hydrogen-bond acceptors (Lipinski definition) is 4. The monoisotopic (exact) mass is 159 g/mol. The molecule has 0 aliphatic rings. The topological polar surface area (TPSA) is 46.6 Å². The number of ketones is 1. The zero-order valence-electron chi connectivity index (χ0n) is 7.25. The molecule has 0 heterocycles. The smallest absolute Gasteiger partial charge is 0.330 e. The van der Waals surface area contributed by atoms with Gasteiger partial charge in [-0.25, -0.2) is 4.79 Å². The number of likely N-dealkylation sites (N-methyl/N-ethyl adjacent to an activating group) is 1. The highest BCUT2D eigenvalue weighted by molar-refractivity contribution is 6.01. The van der Waals surface area contributed by atoms with Gasteiger partial charge in [-0.1, -0.05) is 0 Å². The van der Waals surface area contributed by atoms with Crippen molar-refractivity contribution in [2.75, 3.05) is 21.2 Å². The molecule has 1 atom stereocenters. The van der Waals surface area contributed by atoms with Crippen LogP contribution in [0.1, 0.15) is 6.92 Å². The van der Waals surface area contributed by atoms with Crippen molar-refractivity contribution in [1.82, 2.24) is 4.90 Å². The van der Waals surface area contributed by atoms with Gasteiger partial charge in [0.15, 0.2) is 11.8 Å². The summed E-state index contributed by atoms with van der Waals surface area (Å²) in [5.41, 5.74) is 0. The van der Waals surface area contributed by atoms with Crippen LogP contribution < -0.4 is 0 Å². The third-order valence-corrected chi connectivity index (χ3v) is 1.33. The first-order valence-corrected chi connectivity index (χ1v) is 3.25. The summed E-state index contributed by atoms with van der Waals surface area (Å²) in [6.07, 6.45) is 0. The molecule has 0 saturated carbocycles. The van der Waals surface area contributed by atoms with E-state index in [0.29, 0.717) is 0 Å². The van der Waals surface area contributed by atoms with E-state index in [4.69, 9.17) is 0 Å². The Balaban J connectivity index is 4.34. The van der Waals surface area contributed by atoms with Crippen molar-refractivity contribution in [3.8, 4) is 0 Å². The van der Waals surface area contributed by atoms with Crippen molar-refractivity contribution < 1.29 is 14.3 Å².